The number of carboxylic acid groups (broad SMARTS) is 1. The van der Waals surface area contributed by atoms with Crippen molar-refractivity contribution in [2.45, 2.75) is 97.1 Å². The molecule has 0 bridgehead atoms. The summed E-state index contributed by atoms with van der Waals surface area (Å²) in [4.78, 5) is 20.7. The van der Waals surface area contributed by atoms with Gasteiger partial charge in [0.1, 0.15) is 42.6 Å². The van der Waals surface area contributed by atoms with Crippen molar-refractivity contribution in [3.63, 3.8) is 0 Å². The standard InChI is InChI=1S/C46H53ClN4O6/c1-31-35(8-5-9-37(31)38-10-6-12-41(32(38)2)55-21-7-17-50-19-15-46(16-20-50)14-13-44(46)52)30-57-43-24-42(56-29-34-22-33(25-48)26-49-27-34)36(23-39(43)47)28-51-18-4-3-11-40(51)45(53)54/h5-6,8-10,12,22-24,26-27,40,44,52H,3-4,7,11,13-21,28-30H2,1-2H3,(H,53,54)/t40-,44?/m0/s1. The van der Waals surface area contributed by atoms with Gasteiger partial charge >= 0.3 is 5.97 Å². The molecule has 300 valence electrons. The number of halogens is 1. The number of aliphatic hydroxyl groups is 1. The van der Waals surface area contributed by atoms with Gasteiger partial charge in [0.25, 0.3) is 0 Å². The number of pyridine rings is 1. The van der Waals surface area contributed by atoms with Gasteiger partial charge in [0.05, 0.1) is 23.3 Å². The Morgan fingerprint density at radius 2 is 1.67 bits per heavy atom. The number of aliphatic carboxylic acids is 1. The van der Waals surface area contributed by atoms with Gasteiger partial charge in [0, 0.05) is 42.7 Å². The summed E-state index contributed by atoms with van der Waals surface area (Å²) in [5, 5.41) is 30.0. The first kappa shape index (κ1) is 40.5. The van der Waals surface area contributed by atoms with E-state index < -0.39 is 12.0 Å². The third kappa shape index (κ3) is 9.39. The number of nitrogens with zero attached hydrogens (tertiary/aromatic N) is 4. The maximum absolute atomic E-state index is 12.1. The van der Waals surface area contributed by atoms with Gasteiger partial charge in [-0.2, -0.15) is 5.26 Å². The van der Waals surface area contributed by atoms with E-state index >= 15 is 0 Å². The number of carbonyl (C=O) groups is 1. The Bertz CT molecular complexity index is 2090. The first-order valence-electron chi connectivity index (χ1n) is 20.2. The predicted molar refractivity (Wildman–Crippen MR) is 220 cm³/mol. The first-order valence-corrected chi connectivity index (χ1v) is 20.6. The third-order valence-electron chi connectivity index (χ3n) is 12.5. The Hall–Kier alpha value is -4.66. The molecule has 2 atom stereocenters. The fourth-order valence-electron chi connectivity index (χ4n) is 8.72. The molecule has 2 aliphatic heterocycles. The van der Waals surface area contributed by atoms with Gasteiger partial charge in [0.2, 0.25) is 0 Å². The van der Waals surface area contributed by atoms with Crippen molar-refractivity contribution in [2.24, 2.45) is 5.41 Å². The van der Waals surface area contributed by atoms with Crippen LogP contribution in [0.5, 0.6) is 17.2 Å². The number of rotatable bonds is 15. The highest BCUT2D eigenvalue weighted by Crippen LogP contribution is 2.49. The number of hydrogen-bond donors (Lipinski definition) is 2. The van der Waals surface area contributed by atoms with Gasteiger partial charge in [0.15, 0.2) is 0 Å². The zero-order valence-corrected chi connectivity index (χ0v) is 33.8. The maximum atomic E-state index is 12.1. The summed E-state index contributed by atoms with van der Waals surface area (Å²) in [6.07, 6.45) is 10.7. The molecule has 3 heterocycles. The highest BCUT2D eigenvalue weighted by molar-refractivity contribution is 6.32. The van der Waals surface area contributed by atoms with Crippen LogP contribution in [0.1, 0.15) is 84.7 Å². The minimum Gasteiger partial charge on any atom is -0.493 e. The average molecular weight is 793 g/mol. The Morgan fingerprint density at radius 3 is 2.40 bits per heavy atom. The summed E-state index contributed by atoms with van der Waals surface area (Å²) < 4.78 is 19.1. The van der Waals surface area contributed by atoms with Crippen molar-refractivity contribution < 1.29 is 29.2 Å². The number of likely N-dealkylation sites (tertiary alicyclic amines) is 2. The van der Waals surface area contributed by atoms with E-state index in [9.17, 15) is 20.3 Å². The molecule has 2 saturated heterocycles. The Balaban J connectivity index is 1.03. The molecule has 10 nitrogen and oxygen atoms in total. The molecule has 1 saturated carbocycles. The molecule has 11 heteroatoms. The number of aliphatic hydroxyl groups excluding tert-OH is 1. The smallest absolute Gasteiger partial charge is 0.320 e. The van der Waals surface area contributed by atoms with Crippen LogP contribution < -0.4 is 14.2 Å². The normalized spacial score (nSPS) is 19.4. The molecule has 57 heavy (non-hydrogen) atoms. The summed E-state index contributed by atoms with van der Waals surface area (Å²) in [7, 11) is 0. The van der Waals surface area contributed by atoms with Crippen LogP contribution in [0.2, 0.25) is 5.02 Å². The molecule has 4 aromatic rings. The molecular weight excluding hydrogens is 740 g/mol. The molecule has 3 fully saturated rings. The number of ether oxygens (including phenoxy) is 3. The van der Waals surface area contributed by atoms with Crippen LogP contribution in [-0.2, 0) is 24.6 Å². The summed E-state index contributed by atoms with van der Waals surface area (Å²) in [6.45, 7) is 9.43. The molecular formula is C46H53ClN4O6. The number of nitriles is 1. The van der Waals surface area contributed by atoms with Crippen LogP contribution in [0.4, 0.5) is 0 Å². The van der Waals surface area contributed by atoms with Crippen LogP contribution in [0.15, 0.2) is 67.0 Å². The number of carboxylic acids is 1. The lowest BCUT2D eigenvalue weighted by molar-refractivity contribution is -0.144. The monoisotopic (exact) mass is 792 g/mol. The number of benzene rings is 3. The minimum atomic E-state index is -0.831. The Kier molecular flexibility index (Phi) is 13.0. The highest BCUT2D eigenvalue weighted by atomic mass is 35.5. The lowest BCUT2D eigenvalue weighted by atomic mass is 9.61. The van der Waals surface area contributed by atoms with Gasteiger partial charge in [-0.05, 0) is 130 Å². The van der Waals surface area contributed by atoms with Crippen LogP contribution in [0, 0.1) is 30.6 Å². The summed E-state index contributed by atoms with van der Waals surface area (Å²) in [6, 6.07) is 19.3. The van der Waals surface area contributed by atoms with Gasteiger partial charge in [-0.15, -0.1) is 0 Å². The SMILES string of the molecule is Cc1c(COc2cc(OCc3cncc(C#N)c3)c(CN3CCCC[C@H]3C(=O)O)cc2Cl)cccc1-c1cccc(OCCCN2CCC3(CCC3O)CC2)c1C. The van der Waals surface area contributed by atoms with Crippen molar-refractivity contribution in [1.29, 1.82) is 5.26 Å². The van der Waals surface area contributed by atoms with Crippen LogP contribution in [-0.4, -0.2) is 75.9 Å². The summed E-state index contributed by atoms with van der Waals surface area (Å²) in [5.41, 5.74) is 7.53. The van der Waals surface area contributed by atoms with Crippen molar-refractivity contribution in [3.8, 4) is 34.4 Å². The quantitative estimate of drug-likeness (QED) is 0.113. The summed E-state index contributed by atoms with van der Waals surface area (Å²) in [5.74, 6) is 1.04. The predicted octanol–water partition coefficient (Wildman–Crippen LogP) is 8.49. The van der Waals surface area contributed by atoms with Crippen molar-refractivity contribution in [2.75, 3.05) is 32.8 Å². The molecule has 2 N–H and O–H groups in total. The van der Waals surface area contributed by atoms with Gasteiger partial charge in [-0.25, -0.2) is 0 Å². The molecule has 1 aromatic heterocycles. The summed E-state index contributed by atoms with van der Waals surface area (Å²) >= 11 is 6.88. The molecule has 7 rings (SSSR count). The molecule has 3 aliphatic rings. The first-order chi connectivity index (χ1) is 27.6. The van der Waals surface area contributed by atoms with E-state index in [0.29, 0.717) is 48.2 Å². The van der Waals surface area contributed by atoms with E-state index in [1.807, 2.05) is 29.2 Å². The van der Waals surface area contributed by atoms with Gasteiger partial charge in [-0.1, -0.05) is 48.4 Å². The second-order valence-electron chi connectivity index (χ2n) is 16.0. The van der Waals surface area contributed by atoms with E-state index in [1.165, 1.54) is 12.6 Å². The average Bonchev–Trinajstić information content (AvgIpc) is 3.22. The van der Waals surface area contributed by atoms with Crippen molar-refractivity contribution in [3.05, 3.63) is 105 Å². The fraction of sp³-hybridized carbons (Fsp3) is 0.457. The largest absolute Gasteiger partial charge is 0.493 e. The molecule has 0 radical (unpaired) electrons. The van der Waals surface area contributed by atoms with Crippen LogP contribution in [0.25, 0.3) is 11.1 Å². The third-order valence-corrected chi connectivity index (χ3v) is 12.8. The zero-order valence-electron chi connectivity index (χ0n) is 33.0. The Morgan fingerprint density at radius 1 is 0.895 bits per heavy atom. The number of piperidine rings is 2. The number of hydrogen-bond acceptors (Lipinski definition) is 9. The van der Waals surface area contributed by atoms with Crippen LogP contribution >= 0.6 is 11.6 Å². The highest BCUT2D eigenvalue weighted by Gasteiger charge is 2.47. The fourth-order valence-corrected chi connectivity index (χ4v) is 8.96. The molecule has 1 unspecified atom stereocenters. The molecule has 1 aliphatic carbocycles. The topological polar surface area (TPSA) is 128 Å². The van der Waals surface area contributed by atoms with Crippen molar-refractivity contribution in [1.82, 2.24) is 14.8 Å². The molecule has 3 aromatic carbocycles. The van der Waals surface area contributed by atoms with E-state index in [2.05, 4.69) is 48.0 Å². The van der Waals surface area contributed by atoms with E-state index in [1.54, 1.807) is 18.3 Å². The maximum Gasteiger partial charge on any atom is 0.320 e. The lowest BCUT2D eigenvalue weighted by Crippen LogP contribution is -2.52. The van der Waals surface area contributed by atoms with Gasteiger partial charge < -0.3 is 29.3 Å². The second kappa shape index (κ2) is 18.3. The van der Waals surface area contributed by atoms with Crippen LogP contribution in [0.3, 0.4) is 0 Å². The second-order valence-corrected chi connectivity index (χ2v) is 16.4. The zero-order chi connectivity index (χ0) is 39.9. The Labute approximate surface area is 341 Å². The van der Waals surface area contributed by atoms with Crippen molar-refractivity contribution >= 4 is 17.6 Å². The number of aromatic nitrogens is 1. The molecule has 0 amide bonds. The van der Waals surface area contributed by atoms with Gasteiger partial charge in [-0.3, -0.25) is 14.7 Å². The van der Waals surface area contributed by atoms with E-state index in [-0.39, 0.29) is 24.7 Å². The van der Waals surface area contributed by atoms with E-state index in [4.69, 9.17) is 25.8 Å². The lowest BCUT2D eigenvalue weighted by Gasteiger charge is -2.51. The molecule has 1 spiro atoms. The minimum absolute atomic E-state index is 0.1000. The van der Waals surface area contributed by atoms with E-state index in [0.717, 1.165) is 103 Å².